The van der Waals surface area contributed by atoms with Crippen LogP contribution < -0.4 is 5.32 Å². The monoisotopic (exact) mass is 285 g/mol. The van der Waals surface area contributed by atoms with Crippen LogP contribution in [0.4, 0.5) is 0 Å². The first-order valence-corrected chi connectivity index (χ1v) is 6.12. The van der Waals surface area contributed by atoms with Crippen molar-refractivity contribution in [1.82, 2.24) is 5.32 Å². The van der Waals surface area contributed by atoms with Crippen molar-refractivity contribution in [2.45, 2.75) is 19.4 Å². The van der Waals surface area contributed by atoms with Crippen LogP contribution in [-0.4, -0.2) is 36.7 Å². The molecule has 1 aromatic rings. The van der Waals surface area contributed by atoms with E-state index < -0.39 is 17.9 Å². The molecule has 0 aromatic heterocycles. The summed E-state index contributed by atoms with van der Waals surface area (Å²) in [5.74, 6) is -1.53. The minimum Gasteiger partial charge on any atom is -0.480 e. The van der Waals surface area contributed by atoms with Crippen molar-refractivity contribution in [3.8, 4) is 0 Å². The van der Waals surface area contributed by atoms with Crippen LogP contribution in [0.1, 0.15) is 22.3 Å². The summed E-state index contributed by atoms with van der Waals surface area (Å²) in [5, 5.41) is 12.0. The minimum atomic E-state index is -1.09. The molecular formula is C13H16ClNO4. The van der Waals surface area contributed by atoms with E-state index in [0.717, 1.165) is 5.56 Å². The lowest BCUT2D eigenvalue weighted by molar-refractivity contribution is -0.139. The first-order valence-electron chi connectivity index (χ1n) is 5.74. The van der Waals surface area contributed by atoms with E-state index in [1.54, 1.807) is 25.1 Å². The molecule has 0 heterocycles. The Hall–Kier alpha value is -1.59. The molecule has 0 aliphatic carbocycles. The highest BCUT2D eigenvalue weighted by atomic mass is 35.5. The standard InChI is InChI=1S/C13H16ClNO4/c1-8-7-9(3-4-10(8)14)12(16)15-11(13(17)18)5-6-19-2/h3-4,7,11H,5-6H2,1-2H3,(H,15,16)(H,17,18). The Morgan fingerprint density at radius 1 is 1.47 bits per heavy atom. The Morgan fingerprint density at radius 2 is 2.16 bits per heavy atom. The van der Waals surface area contributed by atoms with Gasteiger partial charge in [-0.3, -0.25) is 4.79 Å². The van der Waals surface area contributed by atoms with Crippen LogP contribution in [0.15, 0.2) is 18.2 Å². The number of aliphatic carboxylic acids is 1. The number of benzene rings is 1. The predicted octanol–water partition coefficient (Wildman–Crippen LogP) is 1.87. The highest BCUT2D eigenvalue weighted by molar-refractivity contribution is 6.31. The molecule has 1 rings (SSSR count). The van der Waals surface area contributed by atoms with E-state index in [1.165, 1.54) is 7.11 Å². The number of rotatable bonds is 6. The van der Waals surface area contributed by atoms with Gasteiger partial charge in [-0.2, -0.15) is 0 Å². The Kier molecular flexibility index (Phi) is 5.79. The molecule has 5 nitrogen and oxygen atoms in total. The fourth-order valence-corrected chi connectivity index (χ4v) is 1.64. The average Bonchev–Trinajstić information content (AvgIpc) is 2.37. The van der Waals surface area contributed by atoms with Gasteiger partial charge in [-0.05, 0) is 30.7 Å². The molecule has 1 amide bonds. The molecule has 1 unspecified atom stereocenters. The normalized spacial score (nSPS) is 11.9. The second kappa shape index (κ2) is 7.11. The summed E-state index contributed by atoms with van der Waals surface area (Å²) in [6.07, 6.45) is 0.212. The van der Waals surface area contributed by atoms with Crippen LogP contribution in [0.25, 0.3) is 0 Å². The number of amides is 1. The fraction of sp³-hybridized carbons (Fsp3) is 0.385. The van der Waals surface area contributed by atoms with Gasteiger partial charge in [-0.15, -0.1) is 0 Å². The molecule has 0 spiro atoms. The van der Waals surface area contributed by atoms with Gasteiger partial charge in [0.05, 0.1) is 0 Å². The van der Waals surface area contributed by atoms with Crippen LogP contribution in [-0.2, 0) is 9.53 Å². The Balaban J connectivity index is 2.75. The Morgan fingerprint density at radius 3 is 2.68 bits per heavy atom. The van der Waals surface area contributed by atoms with Crippen molar-refractivity contribution in [3.63, 3.8) is 0 Å². The first-order chi connectivity index (χ1) is 8.95. The van der Waals surface area contributed by atoms with Gasteiger partial charge in [0, 0.05) is 30.7 Å². The molecular weight excluding hydrogens is 270 g/mol. The zero-order chi connectivity index (χ0) is 14.4. The number of ether oxygens (including phenoxy) is 1. The molecule has 2 N–H and O–H groups in total. The predicted molar refractivity (Wildman–Crippen MR) is 71.6 cm³/mol. The first kappa shape index (κ1) is 15.5. The lowest BCUT2D eigenvalue weighted by Gasteiger charge is -2.14. The number of nitrogens with one attached hydrogen (secondary N) is 1. The van der Waals surface area contributed by atoms with Crippen molar-refractivity contribution in [2.24, 2.45) is 0 Å². The maximum absolute atomic E-state index is 11.9. The summed E-state index contributed by atoms with van der Waals surface area (Å²) in [6, 6.07) is 3.81. The molecule has 0 saturated carbocycles. The highest BCUT2D eigenvalue weighted by Crippen LogP contribution is 2.16. The maximum atomic E-state index is 11.9. The SMILES string of the molecule is COCCC(NC(=O)c1ccc(Cl)c(C)c1)C(=O)O. The zero-order valence-corrected chi connectivity index (χ0v) is 11.5. The summed E-state index contributed by atoms with van der Waals surface area (Å²) in [6.45, 7) is 2.04. The van der Waals surface area contributed by atoms with Crippen LogP contribution in [0.3, 0.4) is 0 Å². The Labute approximate surface area is 116 Å². The second-order valence-corrected chi connectivity index (χ2v) is 4.52. The number of carbonyl (C=O) groups excluding carboxylic acids is 1. The number of hydrogen-bond donors (Lipinski definition) is 2. The Bertz CT molecular complexity index is 476. The summed E-state index contributed by atoms with van der Waals surface area (Å²) in [5.41, 5.74) is 1.14. The third kappa shape index (κ3) is 4.54. The summed E-state index contributed by atoms with van der Waals surface area (Å²) in [4.78, 5) is 22.9. The lowest BCUT2D eigenvalue weighted by atomic mass is 10.1. The fourth-order valence-electron chi connectivity index (χ4n) is 1.52. The van der Waals surface area contributed by atoms with Crippen molar-refractivity contribution >= 4 is 23.5 Å². The molecule has 1 aromatic carbocycles. The van der Waals surface area contributed by atoms with Gasteiger partial charge in [0.15, 0.2) is 0 Å². The van der Waals surface area contributed by atoms with E-state index in [9.17, 15) is 9.59 Å². The van der Waals surface area contributed by atoms with E-state index in [1.807, 2.05) is 0 Å². The van der Waals surface area contributed by atoms with Gasteiger partial charge >= 0.3 is 5.97 Å². The number of aryl methyl sites for hydroxylation is 1. The van der Waals surface area contributed by atoms with Gasteiger partial charge in [-0.1, -0.05) is 11.6 Å². The van der Waals surface area contributed by atoms with Crippen LogP contribution >= 0.6 is 11.6 Å². The van der Waals surface area contributed by atoms with Gasteiger partial charge < -0.3 is 15.2 Å². The third-order valence-electron chi connectivity index (χ3n) is 2.63. The second-order valence-electron chi connectivity index (χ2n) is 4.11. The minimum absolute atomic E-state index is 0.212. The van der Waals surface area contributed by atoms with Crippen molar-refractivity contribution in [2.75, 3.05) is 13.7 Å². The smallest absolute Gasteiger partial charge is 0.326 e. The van der Waals surface area contributed by atoms with E-state index in [-0.39, 0.29) is 13.0 Å². The molecule has 0 fully saturated rings. The van der Waals surface area contributed by atoms with Crippen LogP contribution in [0, 0.1) is 6.92 Å². The van der Waals surface area contributed by atoms with Crippen LogP contribution in [0.5, 0.6) is 0 Å². The van der Waals surface area contributed by atoms with Crippen molar-refractivity contribution in [3.05, 3.63) is 34.3 Å². The number of hydrogen-bond acceptors (Lipinski definition) is 3. The van der Waals surface area contributed by atoms with Crippen molar-refractivity contribution < 1.29 is 19.4 Å². The van der Waals surface area contributed by atoms with Gasteiger partial charge in [0.2, 0.25) is 0 Å². The quantitative estimate of drug-likeness (QED) is 0.836. The number of carboxylic acids is 1. The largest absolute Gasteiger partial charge is 0.480 e. The lowest BCUT2D eigenvalue weighted by Crippen LogP contribution is -2.41. The van der Waals surface area contributed by atoms with E-state index in [4.69, 9.17) is 21.4 Å². The molecule has 104 valence electrons. The molecule has 0 bridgehead atoms. The van der Waals surface area contributed by atoms with E-state index in [0.29, 0.717) is 10.6 Å². The maximum Gasteiger partial charge on any atom is 0.326 e. The van der Waals surface area contributed by atoms with Gasteiger partial charge in [-0.25, -0.2) is 4.79 Å². The van der Waals surface area contributed by atoms with Crippen molar-refractivity contribution in [1.29, 1.82) is 0 Å². The molecule has 0 aliphatic rings. The molecule has 0 saturated heterocycles. The summed E-state index contributed by atoms with van der Waals surface area (Å²) in [7, 11) is 1.48. The van der Waals surface area contributed by atoms with Gasteiger partial charge in [0.25, 0.3) is 5.91 Å². The number of halogens is 1. The topological polar surface area (TPSA) is 75.6 Å². The van der Waals surface area contributed by atoms with Gasteiger partial charge in [0.1, 0.15) is 6.04 Å². The highest BCUT2D eigenvalue weighted by Gasteiger charge is 2.20. The summed E-state index contributed by atoms with van der Waals surface area (Å²) < 4.78 is 4.81. The number of carbonyl (C=O) groups is 2. The molecule has 6 heteroatoms. The zero-order valence-electron chi connectivity index (χ0n) is 10.8. The molecule has 0 aliphatic heterocycles. The van der Waals surface area contributed by atoms with Crippen LogP contribution in [0.2, 0.25) is 5.02 Å². The third-order valence-corrected chi connectivity index (χ3v) is 3.06. The average molecular weight is 286 g/mol. The molecule has 19 heavy (non-hydrogen) atoms. The number of methoxy groups -OCH3 is 1. The molecule has 0 radical (unpaired) electrons. The summed E-state index contributed by atoms with van der Waals surface area (Å²) >= 11 is 5.87. The number of carboxylic acid groups (broad SMARTS) is 1. The van der Waals surface area contributed by atoms with E-state index >= 15 is 0 Å². The molecule has 1 atom stereocenters. The van der Waals surface area contributed by atoms with E-state index in [2.05, 4.69) is 5.32 Å².